The van der Waals surface area contributed by atoms with Gasteiger partial charge in [-0.2, -0.15) is 0 Å². The normalized spacial score (nSPS) is 17.6. The molecule has 0 bridgehead atoms. The van der Waals surface area contributed by atoms with Crippen molar-refractivity contribution in [2.24, 2.45) is 0 Å². The third kappa shape index (κ3) is 2.58. The van der Waals surface area contributed by atoms with Crippen molar-refractivity contribution >= 4 is 11.3 Å². The lowest BCUT2D eigenvalue weighted by Gasteiger charge is -2.23. The fourth-order valence-corrected chi connectivity index (χ4v) is 3.89. The van der Waals surface area contributed by atoms with Crippen LogP contribution in [0.5, 0.6) is 5.75 Å². The monoisotopic (exact) mass is 288 g/mol. The van der Waals surface area contributed by atoms with E-state index in [2.05, 4.69) is 30.4 Å². The molecule has 1 aromatic heterocycles. The van der Waals surface area contributed by atoms with Gasteiger partial charge in [0.1, 0.15) is 5.75 Å². The van der Waals surface area contributed by atoms with Gasteiger partial charge in [0.15, 0.2) is 0 Å². The SMILES string of the molecule is CCc1nc(C2COc3ccccc3C2)sc1CNC. The van der Waals surface area contributed by atoms with Crippen LogP contribution in [0.15, 0.2) is 24.3 Å². The van der Waals surface area contributed by atoms with E-state index < -0.39 is 0 Å². The minimum absolute atomic E-state index is 0.394. The Morgan fingerprint density at radius 3 is 3.05 bits per heavy atom. The van der Waals surface area contributed by atoms with Crippen LogP contribution < -0.4 is 10.1 Å². The van der Waals surface area contributed by atoms with Crippen LogP contribution in [0.2, 0.25) is 0 Å². The molecule has 1 unspecified atom stereocenters. The Hall–Kier alpha value is -1.39. The molecule has 3 rings (SSSR count). The Morgan fingerprint density at radius 2 is 2.25 bits per heavy atom. The highest BCUT2D eigenvalue weighted by atomic mass is 32.1. The Bertz CT molecular complexity index is 594. The van der Waals surface area contributed by atoms with E-state index in [0.717, 1.165) is 31.7 Å². The number of ether oxygens (including phenoxy) is 1. The van der Waals surface area contributed by atoms with Gasteiger partial charge >= 0.3 is 0 Å². The van der Waals surface area contributed by atoms with E-state index in [1.807, 2.05) is 24.5 Å². The molecule has 0 saturated heterocycles. The molecule has 20 heavy (non-hydrogen) atoms. The van der Waals surface area contributed by atoms with Gasteiger partial charge in [0.25, 0.3) is 0 Å². The Balaban J connectivity index is 1.84. The first kappa shape index (κ1) is 13.6. The van der Waals surface area contributed by atoms with E-state index in [9.17, 15) is 0 Å². The predicted octanol–water partition coefficient (Wildman–Crippen LogP) is 3.14. The number of rotatable bonds is 4. The van der Waals surface area contributed by atoms with Crippen molar-refractivity contribution in [2.75, 3.05) is 13.7 Å². The van der Waals surface area contributed by atoms with Gasteiger partial charge in [0.05, 0.1) is 17.3 Å². The number of nitrogens with one attached hydrogen (secondary N) is 1. The molecule has 1 aromatic carbocycles. The predicted molar refractivity (Wildman–Crippen MR) is 82.6 cm³/mol. The van der Waals surface area contributed by atoms with Gasteiger partial charge < -0.3 is 10.1 Å². The van der Waals surface area contributed by atoms with E-state index in [-0.39, 0.29) is 0 Å². The largest absolute Gasteiger partial charge is 0.493 e. The summed E-state index contributed by atoms with van der Waals surface area (Å²) in [7, 11) is 1.98. The maximum Gasteiger partial charge on any atom is 0.122 e. The van der Waals surface area contributed by atoms with Crippen LogP contribution in [0.1, 0.15) is 34.0 Å². The number of benzene rings is 1. The highest BCUT2D eigenvalue weighted by Gasteiger charge is 2.24. The van der Waals surface area contributed by atoms with Gasteiger partial charge in [0.2, 0.25) is 0 Å². The molecule has 3 nitrogen and oxygen atoms in total. The topological polar surface area (TPSA) is 34.1 Å². The van der Waals surface area contributed by atoms with E-state index in [1.165, 1.54) is 21.1 Å². The molecule has 2 heterocycles. The zero-order valence-electron chi connectivity index (χ0n) is 12.0. The van der Waals surface area contributed by atoms with Crippen molar-refractivity contribution in [3.8, 4) is 5.75 Å². The lowest BCUT2D eigenvalue weighted by atomic mass is 9.97. The molecular weight excluding hydrogens is 268 g/mol. The Morgan fingerprint density at radius 1 is 1.40 bits per heavy atom. The highest BCUT2D eigenvalue weighted by Crippen LogP contribution is 2.34. The third-order valence-electron chi connectivity index (χ3n) is 3.70. The second-order valence-corrected chi connectivity index (χ2v) is 6.24. The van der Waals surface area contributed by atoms with Gasteiger partial charge in [-0.15, -0.1) is 11.3 Å². The maximum atomic E-state index is 5.88. The summed E-state index contributed by atoms with van der Waals surface area (Å²) in [6, 6.07) is 8.32. The van der Waals surface area contributed by atoms with Crippen molar-refractivity contribution < 1.29 is 4.74 Å². The first-order chi connectivity index (χ1) is 9.81. The number of aromatic nitrogens is 1. The van der Waals surface area contributed by atoms with Gasteiger partial charge in [-0.1, -0.05) is 25.1 Å². The molecule has 1 atom stereocenters. The van der Waals surface area contributed by atoms with Crippen LogP contribution in [0.4, 0.5) is 0 Å². The minimum atomic E-state index is 0.394. The summed E-state index contributed by atoms with van der Waals surface area (Å²) in [5, 5.41) is 4.45. The molecule has 0 aliphatic carbocycles. The van der Waals surface area contributed by atoms with Gasteiger partial charge in [-0.05, 0) is 31.5 Å². The molecule has 0 radical (unpaired) electrons. The fourth-order valence-electron chi connectivity index (χ4n) is 2.64. The van der Waals surface area contributed by atoms with Crippen LogP contribution in [0.25, 0.3) is 0 Å². The first-order valence-electron chi connectivity index (χ1n) is 7.15. The molecule has 0 spiro atoms. The Kier molecular flexibility index (Phi) is 4.03. The number of hydrogen-bond acceptors (Lipinski definition) is 4. The second kappa shape index (κ2) is 5.94. The standard InChI is InChI=1S/C16H20N2OS/c1-3-13-15(9-17-2)20-16(18-13)12-8-11-6-4-5-7-14(11)19-10-12/h4-7,12,17H,3,8-10H2,1-2H3. The number of thiazole rings is 1. The smallest absolute Gasteiger partial charge is 0.122 e. The molecule has 0 saturated carbocycles. The molecule has 106 valence electrons. The number of para-hydroxylation sites is 1. The summed E-state index contributed by atoms with van der Waals surface area (Å²) >= 11 is 1.84. The highest BCUT2D eigenvalue weighted by molar-refractivity contribution is 7.11. The number of aryl methyl sites for hydroxylation is 1. The second-order valence-electron chi connectivity index (χ2n) is 5.13. The van der Waals surface area contributed by atoms with Crippen molar-refractivity contribution in [1.29, 1.82) is 0 Å². The van der Waals surface area contributed by atoms with E-state index in [0.29, 0.717) is 5.92 Å². The fraction of sp³-hybridized carbons (Fsp3) is 0.438. The minimum Gasteiger partial charge on any atom is -0.493 e. The number of hydrogen-bond donors (Lipinski definition) is 1. The summed E-state index contributed by atoms with van der Waals surface area (Å²) in [4.78, 5) is 6.21. The summed E-state index contributed by atoms with van der Waals surface area (Å²) < 4.78 is 5.88. The molecule has 1 aliphatic heterocycles. The summed E-state index contributed by atoms with van der Waals surface area (Å²) in [6.07, 6.45) is 2.03. The van der Waals surface area contributed by atoms with Crippen molar-refractivity contribution in [2.45, 2.75) is 32.2 Å². The number of fused-ring (bicyclic) bond motifs is 1. The van der Waals surface area contributed by atoms with Crippen molar-refractivity contribution in [3.63, 3.8) is 0 Å². The van der Waals surface area contributed by atoms with Gasteiger partial charge in [-0.3, -0.25) is 0 Å². The first-order valence-corrected chi connectivity index (χ1v) is 7.97. The average molecular weight is 288 g/mol. The van der Waals surface area contributed by atoms with Crippen LogP contribution in [-0.4, -0.2) is 18.6 Å². The lowest BCUT2D eigenvalue weighted by Crippen LogP contribution is -2.19. The zero-order valence-corrected chi connectivity index (χ0v) is 12.8. The lowest BCUT2D eigenvalue weighted by molar-refractivity contribution is 0.262. The van der Waals surface area contributed by atoms with Gasteiger partial charge in [-0.25, -0.2) is 4.98 Å². The molecule has 4 heteroatoms. The van der Waals surface area contributed by atoms with Crippen LogP contribution in [0, 0.1) is 0 Å². The molecule has 2 aromatic rings. The molecular formula is C16H20N2OS. The quantitative estimate of drug-likeness (QED) is 0.938. The summed E-state index contributed by atoms with van der Waals surface area (Å²) in [6.45, 7) is 3.82. The Labute approximate surface area is 124 Å². The third-order valence-corrected chi connectivity index (χ3v) is 4.96. The molecule has 1 N–H and O–H groups in total. The van der Waals surface area contributed by atoms with E-state index >= 15 is 0 Å². The zero-order chi connectivity index (χ0) is 13.9. The maximum absolute atomic E-state index is 5.88. The molecule has 0 amide bonds. The van der Waals surface area contributed by atoms with Crippen molar-refractivity contribution in [1.82, 2.24) is 10.3 Å². The van der Waals surface area contributed by atoms with E-state index in [1.54, 1.807) is 0 Å². The van der Waals surface area contributed by atoms with Crippen LogP contribution >= 0.6 is 11.3 Å². The average Bonchev–Trinajstić information content (AvgIpc) is 2.90. The summed E-state index contributed by atoms with van der Waals surface area (Å²) in [5.41, 5.74) is 2.53. The molecule has 0 fully saturated rings. The number of nitrogens with zero attached hydrogens (tertiary/aromatic N) is 1. The molecule has 1 aliphatic rings. The van der Waals surface area contributed by atoms with E-state index in [4.69, 9.17) is 9.72 Å². The summed E-state index contributed by atoms with van der Waals surface area (Å²) in [5.74, 6) is 1.43. The van der Waals surface area contributed by atoms with Crippen LogP contribution in [0.3, 0.4) is 0 Å². The van der Waals surface area contributed by atoms with Crippen molar-refractivity contribution in [3.05, 3.63) is 45.4 Å². The van der Waals surface area contributed by atoms with Crippen LogP contribution in [-0.2, 0) is 19.4 Å². The van der Waals surface area contributed by atoms with Gasteiger partial charge in [0, 0.05) is 17.3 Å².